The summed E-state index contributed by atoms with van der Waals surface area (Å²) in [7, 11) is 1.76. The van der Waals surface area contributed by atoms with Crippen LogP contribution < -0.4 is 10.5 Å². The van der Waals surface area contributed by atoms with E-state index in [1.165, 1.54) is 11.8 Å². The first-order chi connectivity index (χ1) is 17.9. The van der Waals surface area contributed by atoms with E-state index in [1.54, 1.807) is 22.6 Å². The summed E-state index contributed by atoms with van der Waals surface area (Å²) in [5, 5.41) is 0.945. The molecule has 0 N–H and O–H groups in total. The zero-order valence-corrected chi connectivity index (χ0v) is 23.5. The molecule has 0 spiro atoms. The molecule has 1 aromatic carbocycles. The number of thiocarbonyl (C=S) groups is 1. The molecular weight excluding hydrogens is 506 g/mol. The van der Waals surface area contributed by atoms with E-state index in [9.17, 15) is 14.4 Å². The Morgan fingerprint density at radius 2 is 1.86 bits per heavy atom. The first-order valence-electron chi connectivity index (χ1n) is 13.2. The zero-order valence-electron chi connectivity index (χ0n) is 21.8. The number of benzene rings is 1. The van der Waals surface area contributed by atoms with Crippen LogP contribution in [0.2, 0.25) is 0 Å². The third-order valence-corrected chi connectivity index (χ3v) is 8.50. The van der Waals surface area contributed by atoms with Gasteiger partial charge >= 0.3 is 5.97 Å². The van der Waals surface area contributed by atoms with Crippen molar-refractivity contribution in [3.63, 3.8) is 0 Å². The summed E-state index contributed by atoms with van der Waals surface area (Å²) in [6.45, 7) is 6.20. The molecule has 7 nitrogen and oxygen atoms in total. The maximum absolute atomic E-state index is 13.7. The van der Waals surface area contributed by atoms with Gasteiger partial charge < -0.3 is 14.2 Å². The van der Waals surface area contributed by atoms with E-state index in [-0.39, 0.29) is 23.4 Å². The van der Waals surface area contributed by atoms with Crippen LogP contribution in [0.4, 0.5) is 5.69 Å². The number of pyridine rings is 1. The van der Waals surface area contributed by atoms with Crippen molar-refractivity contribution in [3.05, 3.63) is 45.1 Å². The van der Waals surface area contributed by atoms with Gasteiger partial charge in [-0.3, -0.25) is 19.3 Å². The van der Waals surface area contributed by atoms with Crippen molar-refractivity contribution in [1.82, 2.24) is 9.47 Å². The Morgan fingerprint density at radius 1 is 1.14 bits per heavy atom. The molecule has 1 aromatic heterocycles. The van der Waals surface area contributed by atoms with Crippen molar-refractivity contribution in [3.8, 4) is 0 Å². The monoisotopic (exact) mass is 541 g/mol. The number of amides is 1. The average molecular weight is 542 g/mol. The highest BCUT2D eigenvalue weighted by atomic mass is 32.2. The zero-order chi connectivity index (χ0) is 26.5. The second-order valence-electron chi connectivity index (χ2n) is 9.55. The van der Waals surface area contributed by atoms with Crippen LogP contribution in [0.3, 0.4) is 0 Å². The Hall–Kier alpha value is -2.65. The number of ether oxygens (including phenoxy) is 1. The number of para-hydroxylation sites is 1. The number of aromatic nitrogens is 1. The van der Waals surface area contributed by atoms with Gasteiger partial charge in [0.15, 0.2) is 0 Å². The lowest BCUT2D eigenvalue weighted by Crippen LogP contribution is -2.38. The Bertz CT molecular complexity index is 1280. The maximum Gasteiger partial charge on any atom is 0.309 e. The molecule has 2 aliphatic rings. The smallest absolute Gasteiger partial charge is 0.309 e. The quantitative estimate of drug-likeness (QED) is 0.189. The van der Waals surface area contributed by atoms with E-state index in [4.69, 9.17) is 17.0 Å². The molecule has 37 heavy (non-hydrogen) atoms. The Labute approximate surface area is 227 Å². The minimum Gasteiger partial charge on any atom is -0.466 e. The second kappa shape index (κ2) is 12.3. The number of hydrogen-bond acceptors (Lipinski definition) is 7. The fourth-order valence-corrected chi connectivity index (χ4v) is 6.38. The van der Waals surface area contributed by atoms with Crippen molar-refractivity contribution >= 4 is 62.8 Å². The number of esters is 1. The lowest BCUT2D eigenvalue weighted by molar-refractivity contribution is -0.148. The van der Waals surface area contributed by atoms with Gasteiger partial charge in [0, 0.05) is 32.1 Å². The molecule has 0 atom stereocenters. The SMILES string of the molecule is CCCCCCN1C(=O)C(=Cc2c(N3CCC(C(=O)OCC)CC3)c3ccccc3n(C)c2=O)SC1=S. The van der Waals surface area contributed by atoms with Crippen LogP contribution in [-0.2, 0) is 21.4 Å². The van der Waals surface area contributed by atoms with Gasteiger partial charge in [-0.1, -0.05) is 68.4 Å². The molecule has 2 fully saturated rings. The number of unbranched alkanes of at least 4 members (excludes halogenated alkanes) is 3. The highest BCUT2D eigenvalue weighted by molar-refractivity contribution is 8.26. The lowest BCUT2D eigenvalue weighted by atomic mass is 9.95. The minimum absolute atomic E-state index is 0.131. The highest BCUT2D eigenvalue weighted by Gasteiger charge is 2.33. The molecule has 0 bridgehead atoms. The summed E-state index contributed by atoms with van der Waals surface area (Å²) in [6.07, 6.45) is 7.27. The molecule has 0 unspecified atom stereocenters. The fourth-order valence-electron chi connectivity index (χ4n) is 5.09. The number of piperidine rings is 1. The normalized spacial score (nSPS) is 17.9. The van der Waals surface area contributed by atoms with E-state index in [0.29, 0.717) is 53.9 Å². The second-order valence-corrected chi connectivity index (χ2v) is 11.2. The van der Waals surface area contributed by atoms with Gasteiger partial charge in [-0.05, 0) is 38.3 Å². The van der Waals surface area contributed by atoms with Crippen molar-refractivity contribution in [2.75, 3.05) is 31.1 Å². The number of hydrogen-bond donors (Lipinski definition) is 0. The number of rotatable bonds is 9. The number of nitrogens with zero attached hydrogens (tertiary/aromatic N) is 3. The van der Waals surface area contributed by atoms with Crippen LogP contribution in [0, 0.1) is 5.92 Å². The summed E-state index contributed by atoms with van der Waals surface area (Å²) >= 11 is 6.80. The number of fused-ring (bicyclic) bond motifs is 1. The lowest BCUT2D eigenvalue weighted by Gasteiger charge is -2.34. The predicted octanol–water partition coefficient (Wildman–Crippen LogP) is 5.10. The summed E-state index contributed by atoms with van der Waals surface area (Å²) in [6, 6.07) is 7.83. The first kappa shape index (κ1) is 27.4. The van der Waals surface area contributed by atoms with Gasteiger partial charge in [0.25, 0.3) is 11.5 Å². The first-order valence-corrected chi connectivity index (χ1v) is 14.4. The topological polar surface area (TPSA) is 71.9 Å². The maximum atomic E-state index is 13.7. The van der Waals surface area contributed by atoms with Gasteiger partial charge in [0.2, 0.25) is 0 Å². The summed E-state index contributed by atoms with van der Waals surface area (Å²) in [5.41, 5.74) is 1.97. The third kappa shape index (κ3) is 5.77. The molecule has 4 rings (SSSR count). The number of thioether (sulfide) groups is 1. The minimum atomic E-state index is -0.158. The van der Waals surface area contributed by atoms with Crippen molar-refractivity contribution < 1.29 is 14.3 Å². The van der Waals surface area contributed by atoms with Crippen LogP contribution >= 0.6 is 24.0 Å². The van der Waals surface area contributed by atoms with Crippen molar-refractivity contribution in [2.45, 2.75) is 52.4 Å². The predicted molar refractivity (Wildman–Crippen MR) is 155 cm³/mol. The van der Waals surface area contributed by atoms with Crippen molar-refractivity contribution in [1.29, 1.82) is 0 Å². The highest BCUT2D eigenvalue weighted by Crippen LogP contribution is 2.37. The molecule has 2 saturated heterocycles. The standard InChI is InChI=1S/C28H35N3O4S2/c1-4-6-7-10-15-31-26(33)23(37-28(31)36)18-21-24(20-11-8-9-12-22(20)29(3)25(21)32)30-16-13-19(14-17-30)27(34)35-5-2/h8-9,11-12,18-19H,4-7,10,13-17H2,1-3H3. The largest absolute Gasteiger partial charge is 0.466 e. The molecule has 2 aliphatic heterocycles. The van der Waals surface area contributed by atoms with E-state index < -0.39 is 0 Å². The van der Waals surface area contributed by atoms with Crippen LogP contribution in [0.5, 0.6) is 0 Å². The van der Waals surface area contributed by atoms with Gasteiger partial charge in [-0.15, -0.1) is 0 Å². The van der Waals surface area contributed by atoms with Gasteiger partial charge in [0.1, 0.15) is 4.32 Å². The number of carbonyl (C=O) groups excluding carboxylic acids is 2. The average Bonchev–Trinajstić information content (AvgIpc) is 3.17. The van der Waals surface area contributed by atoms with Crippen LogP contribution in [0.1, 0.15) is 57.9 Å². The molecule has 2 aromatic rings. The number of aryl methyl sites for hydroxylation is 1. The molecule has 198 valence electrons. The van der Waals surface area contributed by atoms with Crippen LogP contribution in [0.25, 0.3) is 17.0 Å². The molecule has 9 heteroatoms. The van der Waals surface area contributed by atoms with Gasteiger partial charge in [-0.2, -0.15) is 0 Å². The summed E-state index contributed by atoms with van der Waals surface area (Å²) in [5.74, 6) is -0.422. The number of carbonyl (C=O) groups is 2. The summed E-state index contributed by atoms with van der Waals surface area (Å²) < 4.78 is 7.42. The molecule has 0 radical (unpaired) electrons. The fraction of sp³-hybridized carbons (Fsp3) is 0.500. The summed E-state index contributed by atoms with van der Waals surface area (Å²) in [4.78, 5) is 43.6. The van der Waals surface area contributed by atoms with E-state index in [2.05, 4.69) is 11.8 Å². The Balaban J connectivity index is 1.70. The number of anilines is 1. The van der Waals surface area contributed by atoms with Crippen molar-refractivity contribution in [2.24, 2.45) is 13.0 Å². The molecule has 1 amide bonds. The Kier molecular flexibility index (Phi) is 9.08. The van der Waals surface area contributed by atoms with Crippen LogP contribution in [0.15, 0.2) is 34.0 Å². The van der Waals surface area contributed by atoms with E-state index in [1.807, 2.05) is 31.2 Å². The Morgan fingerprint density at radius 3 is 2.57 bits per heavy atom. The van der Waals surface area contributed by atoms with E-state index >= 15 is 0 Å². The molecule has 0 saturated carbocycles. The molecule has 0 aliphatic carbocycles. The van der Waals surface area contributed by atoms with Gasteiger partial charge in [0.05, 0.1) is 34.2 Å². The molecule has 3 heterocycles. The third-order valence-electron chi connectivity index (χ3n) is 7.13. The van der Waals surface area contributed by atoms with Crippen LogP contribution in [-0.4, -0.2) is 51.9 Å². The van der Waals surface area contributed by atoms with Gasteiger partial charge in [-0.25, -0.2) is 0 Å². The van der Waals surface area contributed by atoms with E-state index in [0.717, 1.165) is 42.3 Å². The molecular formula is C28H35N3O4S2.